The molecule has 0 spiro atoms. The van der Waals surface area contributed by atoms with E-state index in [1.54, 1.807) is 0 Å². The maximum Gasteiger partial charge on any atom is 0.222 e. The van der Waals surface area contributed by atoms with Gasteiger partial charge in [0.1, 0.15) is 5.82 Å². The highest BCUT2D eigenvalue weighted by atomic mass is 19.1. The molecule has 0 aliphatic rings. The van der Waals surface area contributed by atoms with Gasteiger partial charge in [-0.25, -0.2) is 8.78 Å². The average Bonchev–Trinajstić information content (AvgIpc) is 2.05. The molecule has 0 aliphatic heterocycles. The summed E-state index contributed by atoms with van der Waals surface area (Å²) < 4.78 is 25.9. The van der Waals surface area contributed by atoms with Crippen LogP contribution in [0.1, 0.15) is 5.56 Å². The second-order valence-electron chi connectivity index (χ2n) is 2.57. The van der Waals surface area contributed by atoms with Crippen molar-refractivity contribution in [1.82, 2.24) is 0 Å². The fourth-order valence-electron chi connectivity index (χ4n) is 0.952. The molecule has 0 saturated heterocycles. The molecule has 1 amide bonds. The monoisotopic (exact) mass is 186 g/mol. The van der Waals surface area contributed by atoms with Crippen LogP contribution in [-0.2, 0) is 11.2 Å². The van der Waals surface area contributed by atoms with Gasteiger partial charge in [-0.1, -0.05) is 0 Å². The van der Waals surface area contributed by atoms with Crippen molar-refractivity contribution in [1.29, 1.82) is 0 Å². The molecule has 1 aromatic rings. The molecule has 0 aromatic heterocycles. The van der Waals surface area contributed by atoms with Crippen LogP contribution in [0.4, 0.5) is 14.5 Å². The molecule has 13 heavy (non-hydrogen) atoms. The Morgan fingerprint density at radius 2 is 2.00 bits per heavy atom. The molecule has 3 nitrogen and oxygen atoms in total. The van der Waals surface area contributed by atoms with E-state index in [0.29, 0.717) is 0 Å². The molecule has 0 heterocycles. The van der Waals surface area contributed by atoms with Crippen LogP contribution in [0.3, 0.4) is 0 Å². The first-order valence-corrected chi connectivity index (χ1v) is 3.53. The quantitative estimate of drug-likeness (QED) is 0.663. The smallest absolute Gasteiger partial charge is 0.222 e. The lowest BCUT2D eigenvalue weighted by molar-refractivity contribution is -0.117. The molecular weight excluding hydrogens is 178 g/mol. The summed E-state index contributed by atoms with van der Waals surface area (Å²) in [6.07, 6.45) is -0.483. The number of hydrogen-bond acceptors (Lipinski definition) is 2. The van der Waals surface area contributed by atoms with Gasteiger partial charge in [0.15, 0.2) is 5.82 Å². The van der Waals surface area contributed by atoms with Gasteiger partial charge in [0, 0.05) is 5.56 Å². The average molecular weight is 186 g/mol. The largest absolute Gasteiger partial charge is 0.396 e. The Morgan fingerprint density at radius 1 is 1.38 bits per heavy atom. The molecule has 1 rings (SSSR count). The number of carbonyl (C=O) groups is 1. The van der Waals surface area contributed by atoms with Crippen LogP contribution in [0.15, 0.2) is 12.1 Å². The third-order valence-electron chi connectivity index (χ3n) is 1.57. The summed E-state index contributed by atoms with van der Waals surface area (Å²) in [5.41, 5.74) is 9.39. The summed E-state index contributed by atoms with van der Waals surface area (Å²) in [6.45, 7) is 0. The van der Waals surface area contributed by atoms with Gasteiger partial charge in [-0.15, -0.1) is 0 Å². The van der Waals surface area contributed by atoms with Gasteiger partial charge in [-0.2, -0.15) is 0 Å². The van der Waals surface area contributed by atoms with Gasteiger partial charge >= 0.3 is 0 Å². The number of rotatable bonds is 2. The lowest BCUT2D eigenvalue weighted by Gasteiger charge is -2.04. The number of amides is 1. The Morgan fingerprint density at radius 3 is 2.54 bits per heavy atom. The van der Waals surface area contributed by atoms with Gasteiger partial charge < -0.3 is 11.5 Å². The Labute approximate surface area is 73.3 Å². The Hall–Kier alpha value is -1.65. The van der Waals surface area contributed by atoms with Gasteiger partial charge in [0.05, 0.1) is 12.1 Å². The lowest BCUT2D eigenvalue weighted by atomic mass is 10.1. The SMILES string of the molecule is NC(=O)Cc1c(F)ccc(N)c1F. The van der Waals surface area contributed by atoms with E-state index in [0.717, 1.165) is 12.1 Å². The summed E-state index contributed by atoms with van der Waals surface area (Å²) in [5.74, 6) is -2.53. The van der Waals surface area contributed by atoms with Gasteiger partial charge in [-0.3, -0.25) is 4.79 Å². The van der Waals surface area contributed by atoms with Crippen molar-refractivity contribution in [2.75, 3.05) is 5.73 Å². The van der Waals surface area contributed by atoms with Crippen molar-refractivity contribution < 1.29 is 13.6 Å². The highest BCUT2D eigenvalue weighted by Crippen LogP contribution is 2.18. The number of halogens is 2. The number of anilines is 1. The Bertz CT molecular complexity index is 352. The predicted octanol–water partition coefficient (Wildman–Crippen LogP) is 0.575. The standard InChI is InChI=1S/C8H8F2N2O/c9-5-1-2-6(11)8(10)4(5)3-7(12)13/h1-2H,3,11H2,(H2,12,13). The van der Waals surface area contributed by atoms with E-state index in [-0.39, 0.29) is 11.3 Å². The number of hydrogen-bond donors (Lipinski definition) is 2. The molecule has 0 unspecified atom stereocenters. The predicted molar refractivity (Wildman–Crippen MR) is 43.7 cm³/mol. The second kappa shape index (κ2) is 3.38. The second-order valence-corrected chi connectivity index (χ2v) is 2.57. The molecule has 4 N–H and O–H groups in total. The third-order valence-corrected chi connectivity index (χ3v) is 1.57. The summed E-state index contributed by atoms with van der Waals surface area (Å²) in [5, 5.41) is 0. The van der Waals surface area contributed by atoms with Crippen LogP contribution < -0.4 is 11.5 Å². The van der Waals surface area contributed by atoms with Crippen molar-refractivity contribution in [3.8, 4) is 0 Å². The lowest BCUT2D eigenvalue weighted by Crippen LogP contribution is -2.16. The van der Waals surface area contributed by atoms with Gasteiger partial charge in [0.25, 0.3) is 0 Å². The molecule has 0 bridgehead atoms. The summed E-state index contributed by atoms with van der Waals surface area (Å²) in [7, 11) is 0. The van der Waals surface area contributed by atoms with Gasteiger partial charge in [0.2, 0.25) is 5.91 Å². The fourth-order valence-corrected chi connectivity index (χ4v) is 0.952. The highest BCUT2D eigenvalue weighted by molar-refractivity contribution is 5.77. The maximum absolute atomic E-state index is 13.1. The number of benzene rings is 1. The Kier molecular flexibility index (Phi) is 2.46. The van der Waals surface area contributed by atoms with Crippen LogP contribution in [0.5, 0.6) is 0 Å². The van der Waals surface area contributed by atoms with Crippen LogP contribution in [0.2, 0.25) is 0 Å². The summed E-state index contributed by atoms with van der Waals surface area (Å²) >= 11 is 0. The zero-order valence-electron chi connectivity index (χ0n) is 6.68. The van der Waals surface area contributed by atoms with E-state index < -0.39 is 24.0 Å². The van der Waals surface area contributed by atoms with E-state index in [4.69, 9.17) is 11.5 Å². The van der Waals surface area contributed by atoms with Crippen molar-refractivity contribution >= 4 is 11.6 Å². The van der Waals surface area contributed by atoms with Crippen molar-refractivity contribution in [2.24, 2.45) is 5.73 Å². The van der Waals surface area contributed by atoms with E-state index >= 15 is 0 Å². The van der Waals surface area contributed by atoms with Crippen LogP contribution in [0, 0.1) is 11.6 Å². The first-order valence-electron chi connectivity index (χ1n) is 3.53. The third kappa shape index (κ3) is 1.93. The molecule has 0 aliphatic carbocycles. The van der Waals surface area contributed by atoms with Crippen LogP contribution in [-0.4, -0.2) is 5.91 Å². The molecule has 0 saturated carbocycles. The zero-order chi connectivity index (χ0) is 10.0. The van der Waals surface area contributed by atoms with Crippen molar-refractivity contribution in [3.63, 3.8) is 0 Å². The number of nitrogen functional groups attached to an aromatic ring is 1. The minimum atomic E-state index is -0.918. The first-order chi connectivity index (χ1) is 6.02. The summed E-state index contributed by atoms with van der Waals surface area (Å²) in [4.78, 5) is 10.4. The normalized spacial score (nSPS) is 10.0. The molecule has 0 atom stereocenters. The number of carbonyl (C=O) groups excluding carboxylic acids is 1. The van der Waals surface area contributed by atoms with Crippen LogP contribution in [0.25, 0.3) is 0 Å². The topological polar surface area (TPSA) is 69.1 Å². The Balaban J connectivity index is 3.17. The van der Waals surface area contributed by atoms with E-state index in [2.05, 4.69) is 0 Å². The maximum atomic E-state index is 13.1. The zero-order valence-corrected chi connectivity index (χ0v) is 6.68. The highest BCUT2D eigenvalue weighted by Gasteiger charge is 2.13. The molecule has 70 valence electrons. The molecule has 5 heteroatoms. The van der Waals surface area contributed by atoms with Crippen molar-refractivity contribution in [2.45, 2.75) is 6.42 Å². The number of nitrogens with two attached hydrogens (primary N) is 2. The summed E-state index contributed by atoms with van der Waals surface area (Å²) in [6, 6.07) is 2.09. The molecular formula is C8H8F2N2O. The van der Waals surface area contributed by atoms with Crippen LogP contribution >= 0.6 is 0 Å². The number of primary amides is 1. The van der Waals surface area contributed by atoms with Crippen molar-refractivity contribution in [3.05, 3.63) is 29.3 Å². The molecule has 0 radical (unpaired) electrons. The van der Waals surface area contributed by atoms with E-state index in [1.807, 2.05) is 0 Å². The fraction of sp³-hybridized carbons (Fsp3) is 0.125. The minimum absolute atomic E-state index is 0.197. The molecule has 1 aromatic carbocycles. The van der Waals surface area contributed by atoms with E-state index in [9.17, 15) is 13.6 Å². The van der Waals surface area contributed by atoms with Gasteiger partial charge in [-0.05, 0) is 12.1 Å². The molecule has 0 fully saturated rings. The first kappa shape index (κ1) is 9.44. The minimum Gasteiger partial charge on any atom is -0.396 e. The van der Waals surface area contributed by atoms with E-state index in [1.165, 1.54) is 0 Å².